The highest BCUT2D eigenvalue weighted by molar-refractivity contribution is 5.47. The maximum Gasteiger partial charge on any atom is 0.227 e. The summed E-state index contributed by atoms with van der Waals surface area (Å²) in [5.41, 5.74) is 7.87. The first-order valence-electron chi connectivity index (χ1n) is 7.67. The Hall–Kier alpha value is -1.75. The Morgan fingerprint density at radius 3 is 2.71 bits per heavy atom. The van der Waals surface area contributed by atoms with Crippen molar-refractivity contribution >= 4 is 0 Å². The van der Waals surface area contributed by atoms with Crippen LogP contribution in [0, 0.1) is 12.3 Å². The van der Waals surface area contributed by atoms with Crippen LogP contribution in [-0.2, 0) is 6.42 Å². The number of pyridine rings is 1. The van der Waals surface area contributed by atoms with Crippen LogP contribution >= 0.6 is 0 Å². The van der Waals surface area contributed by atoms with E-state index >= 15 is 0 Å². The van der Waals surface area contributed by atoms with Crippen LogP contribution in [-0.4, -0.2) is 21.7 Å². The molecule has 1 fully saturated rings. The van der Waals surface area contributed by atoms with Crippen LogP contribution in [0.3, 0.4) is 0 Å². The Kier molecular flexibility index (Phi) is 4.01. The monoisotopic (exact) mass is 286 g/mol. The van der Waals surface area contributed by atoms with Crippen molar-refractivity contribution in [2.45, 2.75) is 45.4 Å². The topological polar surface area (TPSA) is 77.8 Å². The SMILES string of the molecule is Cc1cccc(-c2noc(CC3(CN)CCCCC3)n2)n1. The van der Waals surface area contributed by atoms with Crippen molar-refractivity contribution in [1.29, 1.82) is 0 Å². The van der Waals surface area contributed by atoms with Crippen LogP contribution in [0.25, 0.3) is 11.5 Å². The summed E-state index contributed by atoms with van der Waals surface area (Å²) < 4.78 is 5.43. The fraction of sp³-hybridized carbons (Fsp3) is 0.562. The van der Waals surface area contributed by atoms with Gasteiger partial charge in [0.1, 0.15) is 5.69 Å². The summed E-state index contributed by atoms with van der Waals surface area (Å²) in [5.74, 6) is 1.25. The van der Waals surface area contributed by atoms with E-state index in [0.717, 1.165) is 30.7 Å². The quantitative estimate of drug-likeness (QED) is 0.935. The molecule has 5 nitrogen and oxygen atoms in total. The molecule has 0 spiro atoms. The van der Waals surface area contributed by atoms with Gasteiger partial charge in [0, 0.05) is 12.1 Å². The molecule has 0 aliphatic heterocycles. The van der Waals surface area contributed by atoms with Crippen LogP contribution in [0.15, 0.2) is 22.7 Å². The van der Waals surface area contributed by atoms with Crippen LogP contribution in [0.2, 0.25) is 0 Å². The molecule has 5 heteroatoms. The molecular formula is C16H22N4O. The lowest BCUT2D eigenvalue weighted by Crippen LogP contribution is -2.35. The standard InChI is InChI=1S/C16H22N4O/c1-12-6-5-7-13(18-12)15-19-14(21-20-15)10-16(11-17)8-3-2-4-9-16/h5-7H,2-4,8-11,17H2,1H3. The van der Waals surface area contributed by atoms with E-state index in [4.69, 9.17) is 10.3 Å². The molecule has 0 unspecified atom stereocenters. The molecule has 1 aliphatic carbocycles. The Morgan fingerprint density at radius 2 is 2.00 bits per heavy atom. The molecule has 21 heavy (non-hydrogen) atoms. The van der Waals surface area contributed by atoms with E-state index in [-0.39, 0.29) is 5.41 Å². The van der Waals surface area contributed by atoms with Crippen molar-refractivity contribution in [3.05, 3.63) is 29.8 Å². The molecule has 2 N–H and O–H groups in total. The molecule has 1 saturated carbocycles. The molecule has 2 heterocycles. The summed E-state index contributed by atoms with van der Waals surface area (Å²) in [7, 11) is 0. The van der Waals surface area contributed by atoms with Crippen LogP contribution < -0.4 is 5.73 Å². The predicted octanol–water partition coefficient (Wildman–Crippen LogP) is 2.89. The average molecular weight is 286 g/mol. The zero-order valence-corrected chi connectivity index (χ0v) is 12.5. The molecule has 0 atom stereocenters. The fourth-order valence-electron chi connectivity index (χ4n) is 3.17. The van der Waals surface area contributed by atoms with Gasteiger partial charge in [-0.2, -0.15) is 4.98 Å². The van der Waals surface area contributed by atoms with Crippen LogP contribution in [0.4, 0.5) is 0 Å². The number of hydrogen-bond acceptors (Lipinski definition) is 5. The normalized spacial score (nSPS) is 17.8. The Balaban J connectivity index is 1.78. The van der Waals surface area contributed by atoms with Crippen molar-refractivity contribution in [1.82, 2.24) is 15.1 Å². The molecule has 0 radical (unpaired) electrons. The second-order valence-electron chi connectivity index (χ2n) is 6.12. The van der Waals surface area contributed by atoms with Crippen molar-refractivity contribution in [2.24, 2.45) is 11.1 Å². The average Bonchev–Trinajstić information content (AvgIpc) is 2.96. The molecular weight excluding hydrogens is 264 g/mol. The van der Waals surface area contributed by atoms with Gasteiger partial charge in [0.2, 0.25) is 11.7 Å². The minimum absolute atomic E-state index is 0.141. The minimum atomic E-state index is 0.141. The molecule has 0 saturated heterocycles. The zero-order chi connectivity index (χ0) is 14.7. The van der Waals surface area contributed by atoms with Crippen molar-refractivity contribution < 1.29 is 4.52 Å². The third-order valence-corrected chi connectivity index (χ3v) is 4.46. The Bertz CT molecular complexity index is 602. The molecule has 3 rings (SSSR count). The van der Waals surface area contributed by atoms with Gasteiger partial charge in [-0.25, -0.2) is 4.98 Å². The van der Waals surface area contributed by atoms with Gasteiger partial charge >= 0.3 is 0 Å². The van der Waals surface area contributed by atoms with Gasteiger partial charge in [-0.3, -0.25) is 0 Å². The van der Waals surface area contributed by atoms with Crippen molar-refractivity contribution in [3.63, 3.8) is 0 Å². The van der Waals surface area contributed by atoms with Gasteiger partial charge in [-0.05, 0) is 43.9 Å². The smallest absolute Gasteiger partial charge is 0.227 e. The van der Waals surface area contributed by atoms with E-state index in [1.54, 1.807) is 0 Å². The van der Waals surface area contributed by atoms with E-state index < -0.39 is 0 Å². The molecule has 2 aromatic rings. The molecule has 1 aliphatic rings. The fourth-order valence-corrected chi connectivity index (χ4v) is 3.17. The summed E-state index contributed by atoms with van der Waals surface area (Å²) in [6, 6.07) is 5.81. The van der Waals surface area contributed by atoms with Gasteiger partial charge in [0.25, 0.3) is 0 Å². The lowest BCUT2D eigenvalue weighted by Gasteiger charge is -2.34. The first kappa shape index (κ1) is 14.2. The Labute approximate surface area is 125 Å². The summed E-state index contributed by atoms with van der Waals surface area (Å²) in [6.45, 7) is 2.64. The second-order valence-corrected chi connectivity index (χ2v) is 6.12. The van der Waals surface area contributed by atoms with E-state index in [9.17, 15) is 0 Å². The first-order valence-corrected chi connectivity index (χ1v) is 7.67. The summed E-state index contributed by atoms with van der Waals surface area (Å²) in [5, 5.41) is 4.07. The van der Waals surface area contributed by atoms with E-state index in [0.29, 0.717) is 18.3 Å². The molecule has 0 aromatic carbocycles. The number of nitrogens with two attached hydrogens (primary N) is 1. The van der Waals surface area contributed by atoms with E-state index in [2.05, 4.69) is 15.1 Å². The van der Waals surface area contributed by atoms with Crippen molar-refractivity contribution in [3.8, 4) is 11.5 Å². The highest BCUT2D eigenvalue weighted by Gasteiger charge is 2.33. The number of rotatable bonds is 4. The highest BCUT2D eigenvalue weighted by atomic mass is 16.5. The van der Waals surface area contributed by atoms with Gasteiger partial charge in [0.05, 0.1) is 0 Å². The summed E-state index contributed by atoms with van der Waals surface area (Å²) in [6.07, 6.45) is 6.90. The third kappa shape index (κ3) is 3.13. The lowest BCUT2D eigenvalue weighted by molar-refractivity contribution is 0.177. The van der Waals surface area contributed by atoms with Gasteiger partial charge in [-0.15, -0.1) is 0 Å². The summed E-state index contributed by atoms with van der Waals surface area (Å²) in [4.78, 5) is 8.94. The maximum atomic E-state index is 6.02. The molecule has 112 valence electrons. The predicted molar refractivity (Wildman–Crippen MR) is 80.5 cm³/mol. The van der Waals surface area contributed by atoms with Crippen LogP contribution in [0.1, 0.15) is 43.7 Å². The maximum absolute atomic E-state index is 6.02. The number of aryl methyl sites for hydroxylation is 1. The lowest BCUT2D eigenvalue weighted by atomic mass is 9.72. The first-order chi connectivity index (χ1) is 10.2. The van der Waals surface area contributed by atoms with Crippen LogP contribution in [0.5, 0.6) is 0 Å². The van der Waals surface area contributed by atoms with Gasteiger partial charge < -0.3 is 10.3 Å². The van der Waals surface area contributed by atoms with Gasteiger partial charge in [0.15, 0.2) is 0 Å². The largest absolute Gasteiger partial charge is 0.339 e. The van der Waals surface area contributed by atoms with E-state index in [1.807, 2.05) is 25.1 Å². The molecule has 2 aromatic heterocycles. The van der Waals surface area contributed by atoms with E-state index in [1.165, 1.54) is 19.3 Å². The number of hydrogen-bond donors (Lipinski definition) is 1. The Morgan fingerprint density at radius 1 is 1.19 bits per heavy atom. The third-order valence-electron chi connectivity index (χ3n) is 4.46. The highest BCUT2D eigenvalue weighted by Crippen LogP contribution is 2.38. The van der Waals surface area contributed by atoms with Crippen molar-refractivity contribution in [2.75, 3.05) is 6.54 Å². The van der Waals surface area contributed by atoms with Gasteiger partial charge in [-0.1, -0.05) is 30.5 Å². The molecule has 0 amide bonds. The number of nitrogens with zero attached hydrogens (tertiary/aromatic N) is 3. The summed E-state index contributed by atoms with van der Waals surface area (Å²) >= 11 is 0. The minimum Gasteiger partial charge on any atom is -0.339 e. The number of aromatic nitrogens is 3. The second kappa shape index (κ2) is 5.93. The zero-order valence-electron chi connectivity index (χ0n) is 12.5. The molecule has 0 bridgehead atoms.